The normalized spacial score (nSPS) is 16.6. The van der Waals surface area contributed by atoms with Crippen LogP contribution in [0.4, 0.5) is 4.79 Å². The number of hydrogen-bond donors (Lipinski definition) is 2. The average molecular weight is 354 g/mol. The number of amides is 1. The zero-order chi connectivity index (χ0) is 18.4. The maximum Gasteiger partial charge on any atom is 0.407 e. The van der Waals surface area contributed by atoms with Gasteiger partial charge in [-0.25, -0.2) is 4.79 Å². The molecule has 5 nitrogen and oxygen atoms in total. The quantitative estimate of drug-likeness (QED) is 0.836. The van der Waals surface area contributed by atoms with E-state index in [1.807, 2.05) is 36.4 Å². The van der Waals surface area contributed by atoms with Crippen LogP contribution >= 0.6 is 0 Å². The van der Waals surface area contributed by atoms with E-state index >= 15 is 0 Å². The predicted molar refractivity (Wildman–Crippen MR) is 101 cm³/mol. The van der Waals surface area contributed by atoms with Gasteiger partial charge in [-0.2, -0.15) is 0 Å². The second kappa shape index (κ2) is 8.34. The van der Waals surface area contributed by atoms with Crippen molar-refractivity contribution in [1.29, 1.82) is 0 Å². The molecule has 2 aromatic rings. The highest BCUT2D eigenvalue weighted by Gasteiger charge is 2.35. The molecule has 1 fully saturated rings. The first-order chi connectivity index (χ1) is 12.5. The first-order valence-corrected chi connectivity index (χ1v) is 9.05. The van der Waals surface area contributed by atoms with Gasteiger partial charge in [0.2, 0.25) is 0 Å². The van der Waals surface area contributed by atoms with E-state index in [1.54, 1.807) is 0 Å². The molecule has 26 heavy (non-hydrogen) atoms. The van der Waals surface area contributed by atoms with Crippen LogP contribution in [0.15, 0.2) is 60.7 Å². The lowest BCUT2D eigenvalue weighted by molar-refractivity contribution is -0.0445. The fourth-order valence-corrected chi connectivity index (χ4v) is 3.54. The number of carboxylic acid groups (broad SMARTS) is 1. The molecule has 0 radical (unpaired) electrons. The van der Waals surface area contributed by atoms with E-state index in [4.69, 9.17) is 5.11 Å². The summed E-state index contributed by atoms with van der Waals surface area (Å²) in [4.78, 5) is 14.7. The Balaban J connectivity index is 1.69. The van der Waals surface area contributed by atoms with Crippen molar-refractivity contribution in [3.05, 3.63) is 71.8 Å². The van der Waals surface area contributed by atoms with Gasteiger partial charge in [-0.3, -0.25) is 4.90 Å². The Bertz CT molecular complexity index is 656. The van der Waals surface area contributed by atoms with Crippen LogP contribution in [-0.4, -0.2) is 51.3 Å². The average Bonchev–Trinajstić information content (AvgIpc) is 2.63. The van der Waals surface area contributed by atoms with Gasteiger partial charge in [-0.1, -0.05) is 60.7 Å². The third-order valence-electron chi connectivity index (χ3n) is 4.98. The Labute approximate surface area is 154 Å². The minimum absolute atomic E-state index is 0.385. The zero-order valence-electron chi connectivity index (χ0n) is 14.9. The SMILES string of the molecule is O=C(O)N1CCC(O)(CN(Cc2ccccc2)Cc2ccccc2)CC1. The lowest BCUT2D eigenvalue weighted by Crippen LogP contribution is -2.51. The number of benzene rings is 2. The van der Waals surface area contributed by atoms with Crippen LogP contribution in [0.1, 0.15) is 24.0 Å². The molecule has 2 aromatic carbocycles. The standard InChI is InChI=1S/C21H26N2O3/c24-20(25)23-13-11-21(26,12-14-23)17-22(15-18-7-3-1-4-8-18)16-19-9-5-2-6-10-19/h1-10,26H,11-17H2,(H,24,25). The largest absolute Gasteiger partial charge is 0.465 e. The Morgan fingerprint density at radius 1 is 0.923 bits per heavy atom. The third-order valence-corrected chi connectivity index (χ3v) is 4.98. The summed E-state index contributed by atoms with van der Waals surface area (Å²) in [7, 11) is 0. The van der Waals surface area contributed by atoms with Crippen molar-refractivity contribution in [2.24, 2.45) is 0 Å². The summed E-state index contributed by atoms with van der Waals surface area (Å²) >= 11 is 0. The lowest BCUT2D eigenvalue weighted by Gasteiger charge is -2.40. The van der Waals surface area contributed by atoms with E-state index in [9.17, 15) is 9.90 Å². The van der Waals surface area contributed by atoms with Gasteiger partial charge >= 0.3 is 6.09 Å². The molecule has 138 valence electrons. The van der Waals surface area contributed by atoms with Crippen LogP contribution in [0, 0.1) is 0 Å². The summed E-state index contributed by atoms with van der Waals surface area (Å²) in [5, 5.41) is 20.1. The summed E-state index contributed by atoms with van der Waals surface area (Å²) in [5.41, 5.74) is 1.56. The second-order valence-corrected chi connectivity index (χ2v) is 7.11. The van der Waals surface area contributed by atoms with Gasteiger partial charge in [-0.15, -0.1) is 0 Å². The molecule has 1 heterocycles. The topological polar surface area (TPSA) is 64.0 Å². The molecule has 0 aliphatic carbocycles. The smallest absolute Gasteiger partial charge is 0.407 e. The predicted octanol–water partition coefficient (Wildman–Crippen LogP) is 3.19. The highest BCUT2D eigenvalue weighted by atomic mass is 16.4. The van der Waals surface area contributed by atoms with Crippen LogP contribution in [0.2, 0.25) is 0 Å². The van der Waals surface area contributed by atoms with Gasteiger partial charge in [0.25, 0.3) is 0 Å². The van der Waals surface area contributed by atoms with E-state index in [2.05, 4.69) is 29.2 Å². The number of aliphatic hydroxyl groups is 1. The molecule has 0 bridgehead atoms. The fourth-order valence-electron chi connectivity index (χ4n) is 3.54. The van der Waals surface area contributed by atoms with E-state index in [-0.39, 0.29) is 0 Å². The van der Waals surface area contributed by atoms with Gasteiger partial charge in [-0.05, 0) is 24.0 Å². The number of rotatable bonds is 6. The van der Waals surface area contributed by atoms with Crippen LogP contribution < -0.4 is 0 Å². The molecule has 1 saturated heterocycles. The summed E-state index contributed by atoms with van der Waals surface area (Å²) in [6.07, 6.45) is 0.0381. The summed E-state index contributed by atoms with van der Waals surface area (Å²) in [6, 6.07) is 20.5. The van der Waals surface area contributed by atoms with Crippen molar-refractivity contribution in [1.82, 2.24) is 9.80 Å². The summed E-state index contributed by atoms with van der Waals surface area (Å²) in [5.74, 6) is 0. The van der Waals surface area contributed by atoms with Crippen molar-refractivity contribution < 1.29 is 15.0 Å². The molecule has 0 unspecified atom stereocenters. The Kier molecular flexibility index (Phi) is 5.91. The molecule has 1 aliphatic rings. The number of hydrogen-bond acceptors (Lipinski definition) is 3. The minimum atomic E-state index is -0.905. The van der Waals surface area contributed by atoms with Gasteiger partial charge < -0.3 is 15.1 Å². The van der Waals surface area contributed by atoms with Crippen LogP contribution in [0.3, 0.4) is 0 Å². The van der Waals surface area contributed by atoms with E-state index in [1.165, 1.54) is 16.0 Å². The highest BCUT2D eigenvalue weighted by molar-refractivity contribution is 5.65. The van der Waals surface area contributed by atoms with Gasteiger partial charge in [0, 0.05) is 32.7 Å². The van der Waals surface area contributed by atoms with Crippen molar-refractivity contribution in [2.45, 2.75) is 31.5 Å². The lowest BCUT2D eigenvalue weighted by atomic mass is 9.90. The number of carbonyl (C=O) groups is 1. The molecular weight excluding hydrogens is 328 g/mol. The van der Waals surface area contributed by atoms with Gasteiger partial charge in [0.05, 0.1) is 5.60 Å². The molecule has 3 rings (SSSR count). The second-order valence-electron chi connectivity index (χ2n) is 7.11. The summed E-state index contributed by atoms with van der Waals surface area (Å²) < 4.78 is 0. The van der Waals surface area contributed by atoms with Crippen molar-refractivity contribution in [3.63, 3.8) is 0 Å². The fraction of sp³-hybridized carbons (Fsp3) is 0.381. The Morgan fingerprint density at radius 2 is 1.38 bits per heavy atom. The molecule has 1 amide bonds. The Morgan fingerprint density at radius 3 is 1.81 bits per heavy atom. The number of likely N-dealkylation sites (tertiary alicyclic amines) is 1. The monoisotopic (exact) mass is 354 g/mol. The van der Waals surface area contributed by atoms with Crippen molar-refractivity contribution >= 4 is 6.09 Å². The van der Waals surface area contributed by atoms with E-state index in [0.29, 0.717) is 32.5 Å². The molecule has 0 spiro atoms. The molecular formula is C21H26N2O3. The van der Waals surface area contributed by atoms with Crippen LogP contribution in [0.25, 0.3) is 0 Å². The van der Waals surface area contributed by atoms with Crippen molar-refractivity contribution in [2.75, 3.05) is 19.6 Å². The zero-order valence-corrected chi connectivity index (χ0v) is 14.9. The van der Waals surface area contributed by atoms with Crippen molar-refractivity contribution in [3.8, 4) is 0 Å². The molecule has 5 heteroatoms. The van der Waals surface area contributed by atoms with E-state index < -0.39 is 11.7 Å². The van der Waals surface area contributed by atoms with E-state index in [0.717, 1.165) is 13.1 Å². The van der Waals surface area contributed by atoms with Gasteiger partial charge in [0.15, 0.2) is 0 Å². The molecule has 0 aromatic heterocycles. The molecule has 2 N–H and O–H groups in total. The number of piperidine rings is 1. The minimum Gasteiger partial charge on any atom is -0.465 e. The summed E-state index contributed by atoms with van der Waals surface area (Å²) in [6.45, 7) is 2.80. The molecule has 0 saturated carbocycles. The first-order valence-electron chi connectivity index (χ1n) is 9.05. The maximum atomic E-state index is 11.1. The third kappa shape index (κ3) is 5.07. The van der Waals surface area contributed by atoms with Gasteiger partial charge in [0.1, 0.15) is 0 Å². The maximum absolute atomic E-state index is 11.1. The highest BCUT2D eigenvalue weighted by Crippen LogP contribution is 2.25. The number of nitrogens with zero attached hydrogens (tertiary/aromatic N) is 2. The molecule has 0 atom stereocenters. The Hall–Kier alpha value is -2.37. The van der Waals surface area contributed by atoms with Crippen LogP contribution in [-0.2, 0) is 13.1 Å². The first kappa shape index (κ1) is 18.4. The van der Waals surface area contributed by atoms with Crippen LogP contribution in [0.5, 0.6) is 0 Å². The molecule has 1 aliphatic heterocycles.